The van der Waals surface area contributed by atoms with E-state index in [-0.39, 0.29) is 11.9 Å². The molecule has 5 heteroatoms. The Bertz CT molecular complexity index is 527. The molecule has 0 aliphatic heterocycles. The summed E-state index contributed by atoms with van der Waals surface area (Å²) in [5, 5.41) is 7.50. The fraction of sp³-hybridized carbons (Fsp3) is 0.429. The minimum absolute atomic E-state index is 0.159. The molecule has 1 N–H and O–H groups in total. The highest BCUT2D eigenvalue weighted by Crippen LogP contribution is 2.29. The van der Waals surface area contributed by atoms with E-state index in [4.69, 9.17) is 0 Å². The van der Waals surface area contributed by atoms with Gasteiger partial charge in [0.2, 0.25) is 0 Å². The molecule has 0 bridgehead atoms. The quantitative estimate of drug-likeness (QED) is 0.881. The monoisotopic (exact) mass is 279 g/mol. The number of halogens is 1. The van der Waals surface area contributed by atoms with Crippen molar-refractivity contribution in [3.05, 3.63) is 46.2 Å². The number of hydrogen-bond donors (Lipinski definition) is 1. The lowest BCUT2D eigenvalue weighted by Gasteiger charge is -2.18. The molecular formula is C14H18FN3S. The number of nitrogens with zero attached hydrogens (tertiary/aromatic N) is 2. The fourth-order valence-electron chi connectivity index (χ4n) is 2.10. The normalized spacial score (nSPS) is 12.6. The molecule has 19 heavy (non-hydrogen) atoms. The Morgan fingerprint density at radius 1 is 1.32 bits per heavy atom. The van der Waals surface area contributed by atoms with Gasteiger partial charge in [0, 0.05) is 5.56 Å². The Balaban J connectivity index is 2.40. The lowest BCUT2D eigenvalue weighted by atomic mass is 10.0. The highest BCUT2D eigenvalue weighted by Gasteiger charge is 2.22. The largest absolute Gasteiger partial charge is 0.306 e. The summed E-state index contributed by atoms with van der Waals surface area (Å²) >= 11 is 1.35. The zero-order valence-electron chi connectivity index (χ0n) is 11.2. The Hall–Kier alpha value is -1.33. The highest BCUT2D eigenvalue weighted by atomic mass is 32.1. The minimum atomic E-state index is -0.190. The van der Waals surface area contributed by atoms with Gasteiger partial charge in [-0.15, -0.1) is 5.10 Å². The van der Waals surface area contributed by atoms with Crippen LogP contribution in [-0.2, 0) is 6.42 Å². The first-order valence-electron chi connectivity index (χ1n) is 6.56. The number of benzene rings is 1. The Morgan fingerprint density at radius 2 is 2.11 bits per heavy atom. The summed E-state index contributed by atoms with van der Waals surface area (Å²) in [6.07, 6.45) is 1.89. The van der Waals surface area contributed by atoms with E-state index in [0.29, 0.717) is 5.56 Å². The molecule has 1 unspecified atom stereocenters. The molecule has 3 nitrogen and oxygen atoms in total. The lowest BCUT2D eigenvalue weighted by molar-refractivity contribution is 0.560. The highest BCUT2D eigenvalue weighted by molar-refractivity contribution is 7.05. The van der Waals surface area contributed by atoms with E-state index in [9.17, 15) is 4.39 Å². The van der Waals surface area contributed by atoms with E-state index in [1.54, 1.807) is 6.07 Å². The molecule has 1 atom stereocenters. The maximum absolute atomic E-state index is 14.0. The molecule has 0 radical (unpaired) electrons. The van der Waals surface area contributed by atoms with E-state index in [1.807, 2.05) is 19.1 Å². The predicted octanol–water partition coefficient (Wildman–Crippen LogP) is 3.33. The Labute approximate surface area is 117 Å². The number of rotatable bonds is 6. The van der Waals surface area contributed by atoms with Crippen molar-refractivity contribution in [1.29, 1.82) is 0 Å². The van der Waals surface area contributed by atoms with Gasteiger partial charge in [-0.1, -0.05) is 43.0 Å². The van der Waals surface area contributed by atoms with Crippen LogP contribution in [0.4, 0.5) is 4.39 Å². The molecule has 0 spiro atoms. The van der Waals surface area contributed by atoms with Crippen molar-refractivity contribution in [3.63, 3.8) is 0 Å². The zero-order chi connectivity index (χ0) is 13.7. The zero-order valence-corrected chi connectivity index (χ0v) is 12.0. The van der Waals surface area contributed by atoms with Gasteiger partial charge in [-0.3, -0.25) is 0 Å². The van der Waals surface area contributed by atoms with Gasteiger partial charge in [-0.2, -0.15) is 0 Å². The van der Waals surface area contributed by atoms with Crippen LogP contribution in [-0.4, -0.2) is 16.1 Å². The number of aromatic nitrogens is 2. The van der Waals surface area contributed by atoms with Crippen LogP contribution in [0.2, 0.25) is 0 Å². The van der Waals surface area contributed by atoms with Crippen LogP contribution in [0.15, 0.2) is 24.3 Å². The van der Waals surface area contributed by atoms with Crippen LogP contribution < -0.4 is 5.32 Å². The molecule has 0 aliphatic carbocycles. The maximum atomic E-state index is 14.0. The second-order valence-corrected chi connectivity index (χ2v) is 5.13. The molecule has 1 aromatic carbocycles. The van der Waals surface area contributed by atoms with Gasteiger partial charge >= 0.3 is 0 Å². The molecule has 1 aromatic heterocycles. The smallest absolute Gasteiger partial charge is 0.128 e. The molecule has 102 valence electrons. The van der Waals surface area contributed by atoms with Gasteiger partial charge in [0.15, 0.2) is 0 Å². The van der Waals surface area contributed by atoms with Crippen molar-refractivity contribution in [2.24, 2.45) is 0 Å². The van der Waals surface area contributed by atoms with Crippen molar-refractivity contribution in [3.8, 4) is 0 Å². The third-order valence-corrected chi connectivity index (χ3v) is 3.79. The van der Waals surface area contributed by atoms with E-state index in [2.05, 4.69) is 21.8 Å². The summed E-state index contributed by atoms with van der Waals surface area (Å²) in [6.45, 7) is 4.89. The summed E-state index contributed by atoms with van der Waals surface area (Å²) < 4.78 is 18.0. The molecule has 0 saturated carbocycles. The lowest BCUT2D eigenvalue weighted by Crippen LogP contribution is -2.23. The third kappa shape index (κ3) is 3.16. The number of nitrogens with one attached hydrogen (secondary N) is 1. The standard InChI is InChI=1S/C14H18FN3S/c1-3-7-12-14(19-18-17-12)13(16-4-2)10-8-5-6-9-11(10)15/h5-6,8-9,13,16H,3-4,7H2,1-2H3. The molecule has 0 aliphatic rings. The minimum Gasteiger partial charge on any atom is -0.306 e. The van der Waals surface area contributed by atoms with Crippen molar-refractivity contribution in [1.82, 2.24) is 14.9 Å². The van der Waals surface area contributed by atoms with Gasteiger partial charge in [0.1, 0.15) is 5.82 Å². The van der Waals surface area contributed by atoms with E-state index in [1.165, 1.54) is 17.6 Å². The van der Waals surface area contributed by atoms with E-state index >= 15 is 0 Å². The Kier molecular flexibility index (Phi) is 4.99. The third-order valence-electron chi connectivity index (χ3n) is 2.96. The molecule has 2 aromatic rings. The molecule has 1 heterocycles. The van der Waals surface area contributed by atoms with Gasteiger partial charge in [-0.05, 0) is 30.6 Å². The molecule has 2 rings (SSSR count). The summed E-state index contributed by atoms with van der Waals surface area (Å²) in [7, 11) is 0. The number of hydrogen-bond acceptors (Lipinski definition) is 4. The molecule has 0 fully saturated rings. The average Bonchev–Trinajstić information content (AvgIpc) is 2.86. The second kappa shape index (κ2) is 6.73. The van der Waals surface area contributed by atoms with E-state index < -0.39 is 0 Å². The van der Waals surface area contributed by atoms with Crippen molar-refractivity contribution >= 4 is 11.5 Å². The van der Waals surface area contributed by atoms with Crippen molar-refractivity contribution in [2.45, 2.75) is 32.7 Å². The van der Waals surface area contributed by atoms with Gasteiger partial charge in [0.05, 0.1) is 16.6 Å². The molecule has 0 saturated heterocycles. The van der Waals surface area contributed by atoms with Crippen LogP contribution in [0, 0.1) is 5.82 Å². The molecular weight excluding hydrogens is 261 g/mol. The summed E-state index contributed by atoms with van der Waals surface area (Å²) in [6, 6.07) is 6.72. The Morgan fingerprint density at radius 3 is 2.79 bits per heavy atom. The number of aryl methyl sites for hydroxylation is 1. The van der Waals surface area contributed by atoms with Crippen molar-refractivity contribution < 1.29 is 4.39 Å². The first-order chi connectivity index (χ1) is 9.27. The van der Waals surface area contributed by atoms with Gasteiger partial charge in [0.25, 0.3) is 0 Å². The van der Waals surface area contributed by atoms with Crippen LogP contribution in [0.5, 0.6) is 0 Å². The summed E-state index contributed by atoms with van der Waals surface area (Å²) in [5.41, 5.74) is 1.63. The van der Waals surface area contributed by atoms with Crippen LogP contribution in [0.1, 0.15) is 42.4 Å². The van der Waals surface area contributed by atoms with Crippen LogP contribution >= 0.6 is 11.5 Å². The summed E-state index contributed by atoms with van der Waals surface area (Å²) in [4.78, 5) is 1.02. The second-order valence-electron chi connectivity index (χ2n) is 4.35. The average molecular weight is 279 g/mol. The van der Waals surface area contributed by atoms with Gasteiger partial charge in [-0.25, -0.2) is 4.39 Å². The first kappa shape index (κ1) is 14.1. The van der Waals surface area contributed by atoms with E-state index in [0.717, 1.165) is 30.0 Å². The van der Waals surface area contributed by atoms with Crippen LogP contribution in [0.25, 0.3) is 0 Å². The first-order valence-corrected chi connectivity index (χ1v) is 7.34. The fourth-order valence-corrected chi connectivity index (χ4v) is 2.89. The SMILES string of the molecule is CCCc1nnsc1C(NCC)c1ccccc1F. The topological polar surface area (TPSA) is 37.8 Å². The van der Waals surface area contributed by atoms with Crippen molar-refractivity contribution in [2.75, 3.05) is 6.54 Å². The maximum Gasteiger partial charge on any atom is 0.128 e. The summed E-state index contributed by atoms with van der Waals surface area (Å²) in [5.74, 6) is -0.190. The van der Waals surface area contributed by atoms with Crippen LogP contribution in [0.3, 0.4) is 0 Å². The van der Waals surface area contributed by atoms with Gasteiger partial charge < -0.3 is 5.32 Å². The molecule has 0 amide bonds. The predicted molar refractivity (Wildman–Crippen MR) is 75.8 cm³/mol.